The number of para-hydroxylation sites is 1. The van der Waals surface area contributed by atoms with Crippen molar-refractivity contribution in [3.63, 3.8) is 0 Å². The highest BCUT2D eigenvalue weighted by Gasteiger charge is 2.38. The Morgan fingerprint density at radius 3 is 2.80 bits per heavy atom. The maximum absolute atomic E-state index is 11.6. The molecule has 2 aromatic rings. The monoisotopic (exact) mass is 338 g/mol. The number of rotatable bonds is 3. The highest BCUT2D eigenvalue weighted by molar-refractivity contribution is 5.86. The van der Waals surface area contributed by atoms with E-state index in [0.717, 1.165) is 37.7 Å². The molecule has 0 saturated heterocycles. The normalized spacial score (nSPS) is 27.2. The van der Waals surface area contributed by atoms with Crippen LogP contribution < -0.4 is 0 Å². The third-order valence-corrected chi connectivity index (χ3v) is 6.11. The largest absolute Gasteiger partial charge is 0.361 e. The lowest BCUT2D eigenvalue weighted by atomic mass is 9.86. The molecule has 3 atom stereocenters. The van der Waals surface area contributed by atoms with Gasteiger partial charge < -0.3 is 9.30 Å². The van der Waals surface area contributed by atoms with Crippen LogP contribution in [0.5, 0.6) is 0 Å². The van der Waals surface area contributed by atoms with Gasteiger partial charge in [-0.15, -0.1) is 0 Å². The van der Waals surface area contributed by atoms with Crippen molar-refractivity contribution >= 4 is 17.2 Å². The van der Waals surface area contributed by atoms with Crippen LogP contribution in [0.1, 0.15) is 43.3 Å². The molecule has 1 aromatic heterocycles. The molecule has 132 valence electrons. The van der Waals surface area contributed by atoms with Gasteiger partial charge in [0.15, 0.2) is 0 Å². The van der Waals surface area contributed by atoms with Crippen LogP contribution in [0.3, 0.4) is 0 Å². The lowest BCUT2D eigenvalue weighted by Crippen LogP contribution is -2.33. The Morgan fingerprint density at radius 1 is 1.28 bits per heavy atom. The second kappa shape index (κ2) is 6.43. The summed E-state index contributed by atoms with van der Waals surface area (Å²) in [6, 6.07) is 9.00. The van der Waals surface area contributed by atoms with Gasteiger partial charge in [-0.25, -0.2) is 0 Å². The van der Waals surface area contributed by atoms with E-state index in [2.05, 4.69) is 40.8 Å². The van der Waals surface area contributed by atoms with Gasteiger partial charge in [0.2, 0.25) is 0 Å². The third kappa shape index (κ3) is 2.47. The van der Waals surface area contributed by atoms with Crippen molar-refractivity contribution < 1.29 is 9.53 Å². The quantitative estimate of drug-likeness (QED) is 0.629. The van der Waals surface area contributed by atoms with Crippen LogP contribution in [0, 0.1) is 5.92 Å². The molecule has 0 bridgehead atoms. The van der Waals surface area contributed by atoms with Gasteiger partial charge in [0.05, 0.1) is 11.6 Å². The number of fused-ring (bicyclic) bond motifs is 3. The van der Waals surface area contributed by atoms with Crippen LogP contribution in [-0.4, -0.2) is 36.5 Å². The fraction of sp³-hybridized carbons (Fsp3) is 0.476. The van der Waals surface area contributed by atoms with E-state index in [4.69, 9.17) is 4.74 Å². The standard InChI is InChI=1S/C21H26N2O2/c1-4-14(13-24)15-11-19-21-17(9-10-22(19)2)16-7-5-6-8-18(16)23(21)20(12-15)25-3/h4-8,13,15,19-20H,9-12H2,1-3H3. The van der Waals surface area contributed by atoms with E-state index in [1.165, 1.54) is 22.2 Å². The van der Waals surface area contributed by atoms with Crippen molar-refractivity contribution in [3.8, 4) is 0 Å². The van der Waals surface area contributed by atoms with E-state index < -0.39 is 0 Å². The summed E-state index contributed by atoms with van der Waals surface area (Å²) in [5, 5.41) is 1.36. The predicted octanol–water partition coefficient (Wildman–Crippen LogP) is 3.87. The number of carbonyl (C=O) groups excluding carboxylic acids is 1. The maximum atomic E-state index is 11.6. The van der Waals surface area contributed by atoms with Gasteiger partial charge in [0.1, 0.15) is 12.5 Å². The maximum Gasteiger partial charge on any atom is 0.145 e. The number of benzene rings is 1. The summed E-state index contributed by atoms with van der Waals surface area (Å²) in [5.41, 5.74) is 5.02. The molecule has 0 amide bonds. The first kappa shape index (κ1) is 16.6. The number of hydrogen-bond acceptors (Lipinski definition) is 3. The number of methoxy groups -OCH3 is 1. The highest BCUT2D eigenvalue weighted by atomic mass is 16.5. The number of hydrogen-bond donors (Lipinski definition) is 0. The van der Waals surface area contributed by atoms with Crippen LogP contribution in [0.15, 0.2) is 35.9 Å². The van der Waals surface area contributed by atoms with Gasteiger partial charge in [-0.3, -0.25) is 9.69 Å². The molecule has 1 aromatic carbocycles. The number of aldehydes is 1. The molecule has 2 aliphatic rings. The molecule has 3 unspecified atom stereocenters. The Morgan fingerprint density at radius 2 is 2.08 bits per heavy atom. The van der Waals surface area contributed by atoms with Crippen molar-refractivity contribution in [2.24, 2.45) is 5.92 Å². The molecule has 2 aliphatic heterocycles. The summed E-state index contributed by atoms with van der Waals surface area (Å²) in [7, 11) is 3.99. The second-order valence-electron chi connectivity index (χ2n) is 7.26. The SMILES string of the molecule is CC=C(C=O)C1CC2c3c(c4ccccc4n3C(OC)C1)CCN2C. The summed E-state index contributed by atoms with van der Waals surface area (Å²) >= 11 is 0. The van der Waals surface area contributed by atoms with E-state index in [9.17, 15) is 4.79 Å². The molecule has 0 aliphatic carbocycles. The molecular weight excluding hydrogens is 312 g/mol. The fourth-order valence-electron chi connectivity index (χ4n) is 4.82. The lowest BCUT2D eigenvalue weighted by Gasteiger charge is -2.34. The van der Waals surface area contributed by atoms with Crippen LogP contribution >= 0.6 is 0 Å². The molecular formula is C21H26N2O2. The zero-order valence-electron chi connectivity index (χ0n) is 15.2. The Hall–Kier alpha value is -1.91. The number of nitrogens with zero attached hydrogens (tertiary/aromatic N) is 2. The summed E-state index contributed by atoms with van der Waals surface area (Å²) in [4.78, 5) is 14.0. The number of carbonyl (C=O) groups is 1. The minimum Gasteiger partial charge on any atom is -0.361 e. The first-order valence-electron chi connectivity index (χ1n) is 9.15. The topological polar surface area (TPSA) is 34.5 Å². The number of allylic oxidation sites excluding steroid dienone is 2. The second-order valence-corrected chi connectivity index (χ2v) is 7.26. The van der Waals surface area contributed by atoms with Gasteiger partial charge in [-0.05, 0) is 56.4 Å². The van der Waals surface area contributed by atoms with E-state index in [0.29, 0.717) is 6.04 Å². The molecule has 4 rings (SSSR count). The zero-order chi connectivity index (χ0) is 17.6. The fourth-order valence-corrected chi connectivity index (χ4v) is 4.82. The zero-order valence-corrected chi connectivity index (χ0v) is 15.2. The molecule has 0 spiro atoms. The van der Waals surface area contributed by atoms with Gasteiger partial charge in [0, 0.05) is 24.7 Å². The minimum absolute atomic E-state index is 0.0370. The average molecular weight is 338 g/mol. The molecule has 0 radical (unpaired) electrons. The first-order chi connectivity index (χ1) is 12.2. The van der Waals surface area contributed by atoms with E-state index in [1.54, 1.807) is 7.11 Å². The number of likely N-dealkylation sites (N-methyl/N-ethyl adjacent to an activating group) is 1. The lowest BCUT2D eigenvalue weighted by molar-refractivity contribution is -0.105. The van der Waals surface area contributed by atoms with Crippen LogP contribution in [0.2, 0.25) is 0 Å². The van der Waals surface area contributed by atoms with Crippen LogP contribution in [0.25, 0.3) is 10.9 Å². The van der Waals surface area contributed by atoms with E-state index >= 15 is 0 Å². The van der Waals surface area contributed by atoms with Gasteiger partial charge in [0.25, 0.3) is 0 Å². The summed E-state index contributed by atoms with van der Waals surface area (Å²) < 4.78 is 8.35. The first-order valence-corrected chi connectivity index (χ1v) is 9.15. The Kier molecular flexibility index (Phi) is 4.26. The number of ether oxygens (including phenoxy) is 1. The molecule has 0 N–H and O–H groups in total. The Labute approximate surface area is 149 Å². The van der Waals surface area contributed by atoms with Crippen molar-refractivity contribution in [1.29, 1.82) is 0 Å². The summed E-state index contributed by atoms with van der Waals surface area (Å²) in [6.07, 6.45) is 5.83. The number of aromatic nitrogens is 1. The van der Waals surface area contributed by atoms with E-state index in [-0.39, 0.29) is 12.1 Å². The van der Waals surface area contributed by atoms with Gasteiger partial charge in [-0.2, -0.15) is 0 Å². The molecule has 0 saturated carbocycles. The van der Waals surface area contributed by atoms with Crippen LogP contribution in [0.4, 0.5) is 0 Å². The molecule has 4 nitrogen and oxygen atoms in total. The van der Waals surface area contributed by atoms with Crippen molar-refractivity contribution in [2.45, 2.75) is 38.5 Å². The average Bonchev–Trinajstić information content (AvgIpc) is 2.86. The Balaban J connectivity index is 1.94. The smallest absolute Gasteiger partial charge is 0.145 e. The highest BCUT2D eigenvalue weighted by Crippen LogP contribution is 2.46. The van der Waals surface area contributed by atoms with Crippen molar-refractivity contribution in [2.75, 3.05) is 20.7 Å². The van der Waals surface area contributed by atoms with E-state index in [1.807, 2.05) is 13.0 Å². The minimum atomic E-state index is -0.0370. The third-order valence-electron chi connectivity index (χ3n) is 6.11. The van der Waals surface area contributed by atoms with Crippen molar-refractivity contribution in [1.82, 2.24) is 9.47 Å². The van der Waals surface area contributed by atoms with Gasteiger partial charge >= 0.3 is 0 Å². The molecule has 0 fully saturated rings. The molecule has 25 heavy (non-hydrogen) atoms. The molecule has 4 heteroatoms. The summed E-state index contributed by atoms with van der Waals surface area (Å²) in [6.45, 7) is 3.02. The van der Waals surface area contributed by atoms with Gasteiger partial charge in [-0.1, -0.05) is 24.3 Å². The summed E-state index contributed by atoms with van der Waals surface area (Å²) in [5.74, 6) is 0.226. The predicted molar refractivity (Wildman–Crippen MR) is 99.6 cm³/mol. The molecule has 3 heterocycles. The van der Waals surface area contributed by atoms with Crippen LogP contribution in [-0.2, 0) is 16.0 Å². The van der Waals surface area contributed by atoms with Crippen molar-refractivity contribution in [3.05, 3.63) is 47.2 Å². The Bertz CT molecular complexity index is 836.